The fraction of sp³-hybridized carbons (Fsp3) is 0.562. The van der Waals surface area contributed by atoms with Gasteiger partial charge < -0.3 is 15.4 Å². The Morgan fingerprint density at radius 3 is 3.00 bits per heavy atom. The van der Waals surface area contributed by atoms with Crippen molar-refractivity contribution in [1.29, 1.82) is 0 Å². The molecule has 1 saturated heterocycles. The van der Waals surface area contributed by atoms with E-state index in [9.17, 15) is 4.79 Å². The number of amides is 1. The summed E-state index contributed by atoms with van der Waals surface area (Å²) in [4.78, 5) is 11.9. The Balaban J connectivity index is 1.85. The average Bonchev–Trinajstić information content (AvgIpc) is 2.89. The fourth-order valence-corrected chi connectivity index (χ4v) is 2.31. The lowest BCUT2D eigenvalue weighted by Gasteiger charge is -2.12. The van der Waals surface area contributed by atoms with E-state index in [-0.39, 0.29) is 12.0 Å². The SMILES string of the molecule is CC(C)NCc1cccc(NC(=O)CC2CCCO2)c1. The van der Waals surface area contributed by atoms with Gasteiger partial charge in [-0.2, -0.15) is 0 Å². The van der Waals surface area contributed by atoms with Crippen molar-refractivity contribution in [3.63, 3.8) is 0 Å². The summed E-state index contributed by atoms with van der Waals surface area (Å²) < 4.78 is 5.48. The zero-order valence-electron chi connectivity index (χ0n) is 12.3. The molecule has 1 heterocycles. The van der Waals surface area contributed by atoms with Gasteiger partial charge >= 0.3 is 0 Å². The summed E-state index contributed by atoms with van der Waals surface area (Å²) in [5.74, 6) is 0.0332. The lowest BCUT2D eigenvalue weighted by atomic mass is 10.1. The largest absolute Gasteiger partial charge is 0.378 e. The van der Waals surface area contributed by atoms with Gasteiger partial charge in [0.15, 0.2) is 0 Å². The lowest BCUT2D eigenvalue weighted by Crippen LogP contribution is -2.22. The van der Waals surface area contributed by atoms with Crippen molar-refractivity contribution in [2.45, 2.75) is 51.8 Å². The van der Waals surface area contributed by atoms with Crippen molar-refractivity contribution in [2.24, 2.45) is 0 Å². The maximum absolute atomic E-state index is 11.9. The van der Waals surface area contributed by atoms with Gasteiger partial charge in [-0.3, -0.25) is 4.79 Å². The molecule has 0 spiro atoms. The Hall–Kier alpha value is -1.39. The molecule has 0 aromatic heterocycles. The van der Waals surface area contributed by atoms with Crippen LogP contribution in [0.3, 0.4) is 0 Å². The number of nitrogens with one attached hydrogen (secondary N) is 2. The van der Waals surface area contributed by atoms with E-state index in [2.05, 4.69) is 30.5 Å². The molecule has 2 rings (SSSR count). The van der Waals surface area contributed by atoms with Crippen LogP contribution in [-0.4, -0.2) is 24.7 Å². The maximum Gasteiger partial charge on any atom is 0.226 e. The first kappa shape index (κ1) is 15.0. The number of carbonyl (C=O) groups excluding carboxylic acids is 1. The van der Waals surface area contributed by atoms with Crippen molar-refractivity contribution in [3.8, 4) is 0 Å². The van der Waals surface area contributed by atoms with Crippen LogP contribution in [0.25, 0.3) is 0 Å². The predicted molar refractivity (Wildman–Crippen MR) is 80.6 cm³/mol. The van der Waals surface area contributed by atoms with Gasteiger partial charge in [0.05, 0.1) is 12.5 Å². The van der Waals surface area contributed by atoms with Crippen LogP contribution in [0.2, 0.25) is 0 Å². The van der Waals surface area contributed by atoms with Gasteiger partial charge in [0.2, 0.25) is 5.91 Å². The van der Waals surface area contributed by atoms with E-state index in [0.29, 0.717) is 12.5 Å². The molecule has 1 aliphatic heterocycles. The Labute approximate surface area is 120 Å². The molecule has 2 N–H and O–H groups in total. The van der Waals surface area contributed by atoms with E-state index in [4.69, 9.17) is 4.74 Å². The molecular weight excluding hydrogens is 252 g/mol. The molecule has 1 fully saturated rings. The standard InChI is InChI=1S/C16H24N2O2/c1-12(2)17-11-13-5-3-6-14(9-13)18-16(19)10-15-7-4-8-20-15/h3,5-6,9,12,15,17H,4,7-8,10-11H2,1-2H3,(H,18,19). The number of anilines is 1. The number of ether oxygens (including phenoxy) is 1. The van der Waals surface area contributed by atoms with Crippen molar-refractivity contribution in [2.75, 3.05) is 11.9 Å². The van der Waals surface area contributed by atoms with Crippen LogP contribution in [0.5, 0.6) is 0 Å². The van der Waals surface area contributed by atoms with E-state index in [1.54, 1.807) is 0 Å². The summed E-state index contributed by atoms with van der Waals surface area (Å²) in [6.07, 6.45) is 2.61. The number of hydrogen-bond acceptors (Lipinski definition) is 3. The van der Waals surface area contributed by atoms with Crippen molar-refractivity contribution in [3.05, 3.63) is 29.8 Å². The molecular formula is C16H24N2O2. The highest BCUT2D eigenvalue weighted by Crippen LogP contribution is 2.17. The first-order valence-corrected chi connectivity index (χ1v) is 7.37. The second-order valence-corrected chi connectivity index (χ2v) is 5.62. The molecule has 20 heavy (non-hydrogen) atoms. The first-order chi connectivity index (χ1) is 9.63. The number of rotatable bonds is 6. The Bertz CT molecular complexity index is 440. The summed E-state index contributed by atoms with van der Waals surface area (Å²) in [5, 5.41) is 6.32. The highest BCUT2D eigenvalue weighted by molar-refractivity contribution is 5.91. The molecule has 1 aliphatic rings. The van der Waals surface area contributed by atoms with E-state index < -0.39 is 0 Å². The molecule has 1 aromatic rings. The Morgan fingerprint density at radius 1 is 1.45 bits per heavy atom. The normalized spacial score (nSPS) is 18.4. The Kier molecular flexibility index (Phi) is 5.56. The van der Waals surface area contributed by atoms with Crippen LogP contribution in [0.4, 0.5) is 5.69 Å². The third-order valence-corrected chi connectivity index (χ3v) is 3.36. The summed E-state index contributed by atoms with van der Waals surface area (Å²) in [5.41, 5.74) is 2.03. The van der Waals surface area contributed by atoms with Crippen LogP contribution in [0.1, 0.15) is 38.7 Å². The number of benzene rings is 1. The first-order valence-electron chi connectivity index (χ1n) is 7.37. The van der Waals surface area contributed by atoms with E-state index in [1.807, 2.05) is 18.2 Å². The summed E-state index contributed by atoms with van der Waals surface area (Å²) in [7, 11) is 0. The monoisotopic (exact) mass is 276 g/mol. The quantitative estimate of drug-likeness (QED) is 0.840. The van der Waals surface area contributed by atoms with E-state index >= 15 is 0 Å². The molecule has 1 atom stereocenters. The van der Waals surface area contributed by atoms with Gasteiger partial charge in [-0.1, -0.05) is 26.0 Å². The van der Waals surface area contributed by atoms with Gasteiger partial charge in [0, 0.05) is 24.9 Å². The molecule has 4 heteroatoms. The molecule has 1 unspecified atom stereocenters. The minimum absolute atomic E-state index is 0.0332. The molecule has 4 nitrogen and oxygen atoms in total. The molecule has 0 radical (unpaired) electrons. The van der Waals surface area contributed by atoms with Gasteiger partial charge in [-0.25, -0.2) is 0 Å². The van der Waals surface area contributed by atoms with Gasteiger partial charge in [-0.05, 0) is 30.5 Å². The number of carbonyl (C=O) groups is 1. The van der Waals surface area contributed by atoms with Crippen molar-refractivity contribution >= 4 is 11.6 Å². The lowest BCUT2D eigenvalue weighted by molar-refractivity contribution is -0.118. The highest BCUT2D eigenvalue weighted by atomic mass is 16.5. The summed E-state index contributed by atoms with van der Waals surface area (Å²) in [6, 6.07) is 8.42. The zero-order valence-corrected chi connectivity index (χ0v) is 12.3. The third-order valence-electron chi connectivity index (χ3n) is 3.36. The smallest absolute Gasteiger partial charge is 0.226 e. The topological polar surface area (TPSA) is 50.4 Å². The maximum atomic E-state index is 11.9. The number of hydrogen-bond donors (Lipinski definition) is 2. The molecule has 0 bridgehead atoms. The highest BCUT2D eigenvalue weighted by Gasteiger charge is 2.19. The molecule has 0 saturated carbocycles. The van der Waals surface area contributed by atoms with Crippen molar-refractivity contribution in [1.82, 2.24) is 5.32 Å². The molecule has 1 aromatic carbocycles. The van der Waals surface area contributed by atoms with Crippen molar-refractivity contribution < 1.29 is 9.53 Å². The van der Waals surface area contributed by atoms with Crippen LogP contribution >= 0.6 is 0 Å². The van der Waals surface area contributed by atoms with Crippen LogP contribution in [-0.2, 0) is 16.1 Å². The van der Waals surface area contributed by atoms with E-state index in [1.165, 1.54) is 5.56 Å². The molecule has 0 aliphatic carbocycles. The third kappa shape index (κ3) is 4.94. The minimum Gasteiger partial charge on any atom is -0.378 e. The van der Waals surface area contributed by atoms with Crippen LogP contribution in [0.15, 0.2) is 24.3 Å². The predicted octanol–water partition coefficient (Wildman–Crippen LogP) is 2.69. The van der Waals surface area contributed by atoms with Crippen LogP contribution < -0.4 is 10.6 Å². The van der Waals surface area contributed by atoms with E-state index in [0.717, 1.165) is 31.7 Å². The van der Waals surface area contributed by atoms with Crippen LogP contribution in [0, 0.1) is 0 Å². The second kappa shape index (κ2) is 7.41. The molecule has 1 amide bonds. The Morgan fingerprint density at radius 2 is 2.30 bits per heavy atom. The zero-order chi connectivity index (χ0) is 14.4. The van der Waals surface area contributed by atoms with Gasteiger partial charge in [-0.15, -0.1) is 0 Å². The fourth-order valence-electron chi connectivity index (χ4n) is 2.31. The van der Waals surface area contributed by atoms with Gasteiger partial charge in [0.25, 0.3) is 0 Å². The average molecular weight is 276 g/mol. The second-order valence-electron chi connectivity index (χ2n) is 5.62. The molecule has 110 valence electrons. The summed E-state index contributed by atoms with van der Waals surface area (Å²) in [6.45, 7) is 5.84. The summed E-state index contributed by atoms with van der Waals surface area (Å²) >= 11 is 0. The minimum atomic E-state index is 0.0332. The van der Waals surface area contributed by atoms with Gasteiger partial charge in [0.1, 0.15) is 0 Å².